The van der Waals surface area contributed by atoms with Gasteiger partial charge < -0.3 is 10.6 Å². The van der Waals surface area contributed by atoms with Gasteiger partial charge in [0.25, 0.3) is 11.5 Å². The van der Waals surface area contributed by atoms with Crippen LogP contribution >= 0.6 is 0 Å². The molecule has 30 heavy (non-hydrogen) atoms. The van der Waals surface area contributed by atoms with Gasteiger partial charge in [-0.05, 0) is 62.4 Å². The lowest BCUT2D eigenvalue weighted by Crippen LogP contribution is -2.26. The molecule has 3 aromatic rings. The first kappa shape index (κ1) is 19.9. The molecule has 0 spiro atoms. The summed E-state index contributed by atoms with van der Waals surface area (Å²) in [7, 11) is 0. The summed E-state index contributed by atoms with van der Waals surface area (Å²) >= 11 is 0. The van der Waals surface area contributed by atoms with Crippen molar-refractivity contribution in [3.8, 4) is 5.69 Å². The van der Waals surface area contributed by atoms with Crippen LogP contribution in [0.1, 0.15) is 45.5 Å². The Morgan fingerprint density at radius 3 is 2.63 bits per heavy atom. The van der Waals surface area contributed by atoms with Gasteiger partial charge in [-0.2, -0.15) is 0 Å². The van der Waals surface area contributed by atoms with Gasteiger partial charge in [-0.1, -0.05) is 29.8 Å². The third-order valence-corrected chi connectivity index (χ3v) is 5.44. The molecule has 1 saturated carbocycles. The molecule has 1 aliphatic rings. The van der Waals surface area contributed by atoms with Crippen LogP contribution in [0.2, 0.25) is 0 Å². The molecule has 0 atom stereocenters. The fourth-order valence-corrected chi connectivity index (χ4v) is 3.40. The molecule has 1 fully saturated rings. The lowest BCUT2D eigenvalue weighted by atomic mass is 10.1. The minimum absolute atomic E-state index is 0.103. The third-order valence-electron chi connectivity index (χ3n) is 5.44. The maximum absolute atomic E-state index is 13.1. The van der Waals surface area contributed by atoms with Gasteiger partial charge in [0, 0.05) is 30.5 Å². The average Bonchev–Trinajstić information content (AvgIpc) is 3.54. The summed E-state index contributed by atoms with van der Waals surface area (Å²) in [5, 5.41) is 6.17. The van der Waals surface area contributed by atoms with Gasteiger partial charge in [0.15, 0.2) is 5.82 Å². The molecule has 6 heteroatoms. The van der Waals surface area contributed by atoms with Crippen LogP contribution in [0.3, 0.4) is 0 Å². The molecule has 1 heterocycles. The first-order chi connectivity index (χ1) is 14.4. The number of amides is 1. The van der Waals surface area contributed by atoms with Gasteiger partial charge in [-0.25, -0.2) is 4.98 Å². The highest BCUT2D eigenvalue weighted by Gasteiger charge is 2.24. The molecule has 1 aromatic heterocycles. The summed E-state index contributed by atoms with van der Waals surface area (Å²) in [6.45, 7) is 6.54. The molecule has 0 radical (unpaired) electrons. The quantitative estimate of drug-likeness (QED) is 0.660. The molecule has 154 valence electrons. The van der Waals surface area contributed by atoms with E-state index in [4.69, 9.17) is 0 Å². The van der Waals surface area contributed by atoms with Gasteiger partial charge in [-0.15, -0.1) is 0 Å². The minimum Gasteiger partial charge on any atom is -0.361 e. The SMILES string of the molecule is Cc1ccc(C)c(CNc2nccn(-c3cc(C(=O)NC4CC4)ccc3C)c2=O)c1. The van der Waals surface area contributed by atoms with E-state index in [1.54, 1.807) is 29.1 Å². The summed E-state index contributed by atoms with van der Waals surface area (Å²) in [6, 6.07) is 12.0. The normalized spacial score (nSPS) is 13.2. The molecule has 4 rings (SSSR count). The Kier molecular flexibility index (Phi) is 5.40. The van der Waals surface area contributed by atoms with Crippen molar-refractivity contribution in [1.29, 1.82) is 0 Å². The summed E-state index contributed by atoms with van der Waals surface area (Å²) in [4.78, 5) is 29.8. The smallest absolute Gasteiger partial charge is 0.297 e. The molecular formula is C24H26N4O2. The van der Waals surface area contributed by atoms with E-state index >= 15 is 0 Å². The number of rotatable bonds is 6. The van der Waals surface area contributed by atoms with Gasteiger partial charge in [0.2, 0.25) is 0 Å². The number of hydrogen-bond donors (Lipinski definition) is 2. The predicted molar refractivity (Wildman–Crippen MR) is 118 cm³/mol. The van der Waals surface area contributed by atoms with Crippen LogP contribution in [0, 0.1) is 20.8 Å². The van der Waals surface area contributed by atoms with Crippen LogP contribution in [0.4, 0.5) is 5.82 Å². The van der Waals surface area contributed by atoms with E-state index in [1.807, 2.05) is 19.9 Å². The molecular weight excluding hydrogens is 376 g/mol. The molecule has 0 aliphatic heterocycles. The zero-order valence-corrected chi connectivity index (χ0v) is 17.5. The molecule has 0 unspecified atom stereocenters. The summed E-state index contributed by atoms with van der Waals surface area (Å²) in [5.41, 5.74) is 5.36. The van der Waals surface area contributed by atoms with Gasteiger partial charge >= 0.3 is 0 Å². The molecule has 6 nitrogen and oxygen atoms in total. The van der Waals surface area contributed by atoms with E-state index in [2.05, 4.69) is 40.7 Å². The van der Waals surface area contributed by atoms with E-state index in [0.29, 0.717) is 17.8 Å². The second-order valence-corrected chi connectivity index (χ2v) is 7.98. The fourth-order valence-electron chi connectivity index (χ4n) is 3.40. The van der Waals surface area contributed by atoms with Crippen molar-refractivity contribution in [2.45, 2.75) is 46.2 Å². The Morgan fingerprint density at radius 1 is 1.10 bits per heavy atom. The van der Waals surface area contributed by atoms with Crippen LogP contribution in [-0.4, -0.2) is 21.5 Å². The monoisotopic (exact) mass is 402 g/mol. The molecule has 0 saturated heterocycles. The zero-order chi connectivity index (χ0) is 21.3. The number of aromatic nitrogens is 2. The lowest BCUT2D eigenvalue weighted by molar-refractivity contribution is 0.0951. The van der Waals surface area contributed by atoms with Crippen molar-refractivity contribution < 1.29 is 4.79 Å². The Morgan fingerprint density at radius 2 is 1.87 bits per heavy atom. The van der Waals surface area contributed by atoms with Crippen LogP contribution in [0.5, 0.6) is 0 Å². The number of carbonyl (C=O) groups is 1. The Balaban J connectivity index is 1.62. The highest BCUT2D eigenvalue weighted by molar-refractivity contribution is 5.95. The third kappa shape index (κ3) is 4.27. The topological polar surface area (TPSA) is 76.0 Å². The summed E-state index contributed by atoms with van der Waals surface area (Å²) in [6.07, 6.45) is 5.30. The fraction of sp³-hybridized carbons (Fsp3) is 0.292. The van der Waals surface area contributed by atoms with Gasteiger partial charge in [-0.3, -0.25) is 14.2 Å². The van der Waals surface area contributed by atoms with Crippen LogP contribution in [0.15, 0.2) is 53.6 Å². The molecule has 0 bridgehead atoms. The van der Waals surface area contributed by atoms with Crippen LogP contribution in [-0.2, 0) is 6.54 Å². The van der Waals surface area contributed by atoms with E-state index < -0.39 is 0 Å². The first-order valence-electron chi connectivity index (χ1n) is 10.2. The number of hydrogen-bond acceptors (Lipinski definition) is 4. The predicted octanol–water partition coefficient (Wildman–Crippen LogP) is 3.66. The standard InChI is InChI=1S/C24H26N4O2/c1-15-4-5-16(2)19(12-15)14-26-22-24(30)28(11-10-25-22)21-13-18(7-6-17(21)3)23(29)27-20-8-9-20/h4-7,10-13,20H,8-9,14H2,1-3H3,(H,25,26)(H,27,29). The summed E-state index contributed by atoms with van der Waals surface area (Å²) < 4.78 is 1.54. The van der Waals surface area contributed by atoms with Crippen LogP contribution in [0.25, 0.3) is 5.69 Å². The van der Waals surface area contributed by atoms with Crippen molar-refractivity contribution in [3.05, 3.63) is 87.0 Å². The van der Waals surface area contributed by atoms with Crippen molar-refractivity contribution in [1.82, 2.24) is 14.9 Å². The second-order valence-electron chi connectivity index (χ2n) is 7.98. The Hall–Kier alpha value is -3.41. The number of carbonyl (C=O) groups excluding carboxylic acids is 1. The maximum atomic E-state index is 13.1. The number of aryl methyl sites for hydroxylation is 3. The van der Waals surface area contributed by atoms with E-state index in [0.717, 1.165) is 29.5 Å². The van der Waals surface area contributed by atoms with Gasteiger partial charge in [0.1, 0.15) is 0 Å². The Bertz CT molecular complexity index is 1160. The molecule has 2 aromatic carbocycles. The molecule has 1 amide bonds. The minimum atomic E-state index is -0.245. The zero-order valence-electron chi connectivity index (χ0n) is 17.5. The van der Waals surface area contributed by atoms with Crippen LogP contribution < -0.4 is 16.2 Å². The lowest BCUT2D eigenvalue weighted by Gasteiger charge is -2.14. The highest BCUT2D eigenvalue weighted by atomic mass is 16.2. The van der Waals surface area contributed by atoms with E-state index in [1.165, 1.54) is 5.56 Å². The maximum Gasteiger partial charge on any atom is 0.297 e. The summed E-state index contributed by atoms with van der Waals surface area (Å²) in [5.74, 6) is 0.180. The second kappa shape index (κ2) is 8.14. The van der Waals surface area contributed by atoms with Crippen molar-refractivity contribution >= 4 is 11.7 Å². The molecule has 1 aliphatic carbocycles. The highest BCUT2D eigenvalue weighted by Crippen LogP contribution is 2.21. The Labute approximate surface area is 176 Å². The largest absolute Gasteiger partial charge is 0.361 e. The van der Waals surface area contributed by atoms with Crippen molar-refractivity contribution in [2.24, 2.45) is 0 Å². The number of nitrogens with one attached hydrogen (secondary N) is 2. The van der Waals surface area contributed by atoms with E-state index in [-0.39, 0.29) is 23.3 Å². The van der Waals surface area contributed by atoms with Crippen molar-refractivity contribution in [2.75, 3.05) is 5.32 Å². The van der Waals surface area contributed by atoms with Gasteiger partial charge in [0.05, 0.1) is 5.69 Å². The number of benzene rings is 2. The average molecular weight is 402 g/mol. The number of nitrogens with zero attached hydrogens (tertiary/aromatic N) is 2. The van der Waals surface area contributed by atoms with Crippen molar-refractivity contribution in [3.63, 3.8) is 0 Å². The molecule has 2 N–H and O–H groups in total. The number of anilines is 1. The van der Waals surface area contributed by atoms with E-state index in [9.17, 15) is 9.59 Å². The first-order valence-corrected chi connectivity index (χ1v) is 10.2.